The predicted molar refractivity (Wildman–Crippen MR) is 186 cm³/mol. The van der Waals surface area contributed by atoms with Gasteiger partial charge in [-0.3, -0.25) is 9.59 Å². The van der Waals surface area contributed by atoms with Crippen LogP contribution >= 0.6 is 23.7 Å². The molecule has 0 aliphatic carbocycles. The van der Waals surface area contributed by atoms with E-state index in [1.165, 1.54) is 24.8 Å². The number of aryl methyl sites for hydroxylation is 1. The van der Waals surface area contributed by atoms with Crippen molar-refractivity contribution in [2.45, 2.75) is 43.8 Å². The number of benzene rings is 3. The molecular formula is C33H37N7O3S2. The Labute approximate surface area is 271 Å². The van der Waals surface area contributed by atoms with Crippen LogP contribution in [-0.2, 0) is 9.59 Å². The smallest absolute Gasteiger partial charge is 0.237 e. The molecule has 0 saturated carbocycles. The van der Waals surface area contributed by atoms with Crippen LogP contribution in [0.2, 0.25) is 0 Å². The maximum atomic E-state index is 12.1. The summed E-state index contributed by atoms with van der Waals surface area (Å²) < 4.78 is 8.70. The molecule has 234 valence electrons. The summed E-state index contributed by atoms with van der Waals surface area (Å²) in [6.45, 7) is 6.35. The highest BCUT2D eigenvalue weighted by Gasteiger charge is 2.20. The first-order valence-corrected chi connectivity index (χ1v) is 16.2. The molecule has 5 rings (SSSR count). The maximum absolute atomic E-state index is 12.1. The van der Waals surface area contributed by atoms with Gasteiger partial charge in [-0.05, 0) is 72.5 Å². The molecule has 1 atom stereocenters. The van der Waals surface area contributed by atoms with Gasteiger partial charge in [0, 0.05) is 28.9 Å². The number of carbonyl (C=O) groups excluding carboxylic acids is 2. The first-order valence-electron chi connectivity index (χ1n) is 14.5. The van der Waals surface area contributed by atoms with E-state index in [2.05, 4.69) is 44.2 Å². The highest BCUT2D eigenvalue weighted by Crippen LogP contribution is 2.32. The number of carbonyl (C=O) groups is 2. The van der Waals surface area contributed by atoms with Crippen molar-refractivity contribution in [1.82, 2.24) is 25.3 Å². The van der Waals surface area contributed by atoms with Gasteiger partial charge in [0.1, 0.15) is 16.5 Å². The quantitative estimate of drug-likeness (QED) is 0.0791. The molecule has 0 bridgehead atoms. The largest absolute Gasteiger partial charge is 0.496 e. The fraction of sp³-hybridized carbons (Fsp3) is 0.242. The van der Waals surface area contributed by atoms with Crippen molar-refractivity contribution in [2.75, 3.05) is 24.2 Å². The van der Waals surface area contributed by atoms with E-state index >= 15 is 0 Å². The first kappa shape index (κ1) is 33.3. The average molecular weight is 644 g/mol. The van der Waals surface area contributed by atoms with Crippen LogP contribution in [0, 0.1) is 6.92 Å². The predicted octanol–water partition coefficient (Wildman–Crippen LogP) is 7.72. The molecule has 45 heavy (non-hydrogen) atoms. The molecule has 0 radical (unpaired) electrons. The highest BCUT2D eigenvalue weighted by atomic mass is 32.2. The zero-order valence-corrected chi connectivity index (χ0v) is 27.5. The highest BCUT2D eigenvalue weighted by molar-refractivity contribution is 8.12. The van der Waals surface area contributed by atoms with E-state index < -0.39 is 5.25 Å². The third-order valence-electron chi connectivity index (χ3n) is 6.71. The topological polar surface area (TPSA) is 134 Å². The van der Waals surface area contributed by atoms with Crippen LogP contribution in [0.5, 0.6) is 5.75 Å². The standard InChI is InChI=1S/C29H27N7O3S2.C4H10/c1-17-13-21(11-12-23(17)39-3)33-28-24-27(32-15-31-24)34-26(35-28)19-5-4-6-22(14-19)41-36-20-9-7-18(8-10-20)25(40-16-37)29(38)30-2;1-3-4-2/h4-16,25,36H,1-3H3,(H,30,38)(H2,31,32,33,34,35);3-4H2,1-2H3. The number of likely N-dealkylation sites (N-methyl/N-ethyl adjacent to an activating group) is 1. The van der Waals surface area contributed by atoms with Crippen molar-refractivity contribution in [3.8, 4) is 17.1 Å². The van der Waals surface area contributed by atoms with Gasteiger partial charge in [-0.25, -0.2) is 15.0 Å². The van der Waals surface area contributed by atoms with Crippen molar-refractivity contribution in [3.63, 3.8) is 0 Å². The van der Waals surface area contributed by atoms with Gasteiger partial charge in [-0.2, -0.15) is 0 Å². The Bertz CT molecular complexity index is 1730. The average Bonchev–Trinajstić information content (AvgIpc) is 3.56. The third-order valence-corrected chi connectivity index (χ3v) is 8.41. The number of nitrogens with zero attached hydrogens (tertiary/aromatic N) is 3. The molecule has 5 aromatic rings. The second-order valence-corrected chi connectivity index (χ2v) is 11.7. The van der Waals surface area contributed by atoms with E-state index in [9.17, 15) is 9.59 Å². The molecule has 12 heteroatoms. The normalized spacial score (nSPS) is 11.2. The number of nitrogens with one attached hydrogen (secondary N) is 4. The van der Waals surface area contributed by atoms with Crippen molar-refractivity contribution in [2.24, 2.45) is 0 Å². The van der Waals surface area contributed by atoms with Crippen LogP contribution in [-0.4, -0.2) is 45.6 Å². The molecule has 0 spiro atoms. The van der Waals surface area contributed by atoms with Crippen LogP contribution in [0.1, 0.15) is 43.1 Å². The lowest BCUT2D eigenvalue weighted by Gasteiger charge is -2.13. The van der Waals surface area contributed by atoms with Crippen molar-refractivity contribution < 1.29 is 14.3 Å². The third kappa shape index (κ3) is 8.77. The number of unbranched alkanes of at least 4 members (excludes halogenated alkanes) is 1. The lowest BCUT2D eigenvalue weighted by Crippen LogP contribution is -2.23. The fourth-order valence-corrected chi connectivity index (χ4v) is 5.54. The summed E-state index contributed by atoms with van der Waals surface area (Å²) >= 11 is 2.38. The molecule has 4 N–H and O–H groups in total. The van der Waals surface area contributed by atoms with Gasteiger partial charge in [0.2, 0.25) is 5.91 Å². The SMILES string of the molecule is CCCC.CNC(=O)C(SC=O)c1ccc(NSc2cccc(-c3nc(Nc4ccc(OC)c(C)c4)c4[nH]cnc4n3)c2)cc1. The molecule has 2 heterocycles. The van der Waals surface area contributed by atoms with E-state index in [0.717, 1.165) is 50.5 Å². The second-order valence-electron chi connectivity index (χ2n) is 9.89. The number of hydrogen-bond donors (Lipinski definition) is 4. The molecule has 1 amide bonds. The minimum Gasteiger partial charge on any atom is -0.496 e. The van der Waals surface area contributed by atoms with Gasteiger partial charge in [-0.1, -0.05) is 62.7 Å². The van der Waals surface area contributed by atoms with Gasteiger partial charge in [0.25, 0.3) is 0 Å². The second kappa shape index (κ2) is 16.5. The summed E-state index contributed by atoms with van der Waals surface area (Å²) in [7, 11) is 3.21. The van der Waals surface area contributed by atoms with Crippen LogP contribution < -0.4 is 20.1 Å². The lowest BCUT2D eigenvalue weighted by molar-refractivity contribution is -0.120. The molecule has 0 saturated heterocycles. The number of methoxy groups -OCH3 is 1. The van der Waals surface area contributed by atoms with Crippen LogP contribution in [0.4, 0.5) is 17.2 Å². The summed E-state index contributed by atoms with van der Waals surface area (Å²) in [5.74, 6) is 1.75. The van der Waals surface area contributed by atoms with E-state index in [4.69, 9.17) is 9.72 Å². The molecule has 2 aromatic heterocycles. The number of amides is 1. The number of rotatable bonds is 12. The zero-order chi connectivity index (χ0) is 32.2. The number of ether oxygens (including phenoxy) is 1. The Hall–Kier alpha value is -4.55. The van der Waals surface area contributed by atoms with Crippen molar-refractivity contribution >= 4 is 63.6 Å². The Kier molecular flexibility index (Phi) is 12.2. The van der Waals surface area contributed by atoms with E-state index in [0.29, 0.717) is 28.4 Å². The van der Waals surface area contributed by atoms with E-state index in [-0.39, 0.29) is 5.91 Å². The monoisotopic (exact) mass is 643 g/mol. The number of anilines is 3. The first-order chi connectivity index (χ1) is 21.9. The Morgan fingerprint density at radius 2 is 1.78 bits per heavy atom. The number of aromatic amines is 1. The minimum atomic E-state index is -0.587. The fourth-order valence-electron chi connectivity index (χ4n) is 4.17. The molecule has 10 nitrogen and oxygen atoms in total. The Balaban J connectivity index is 0.00000109. The van der Waals surface area contributed by atoms with Gasteiger partial charge in [0.05, 0.1) is 13.4 Å². The van der Waals surface area contributed by atoms with Crippen LogP contribution in [0.15, 0.2) is 78.0 Å². The number of hydrogen-bond acceptors (Lipinski definition) is 10. The number of thioether (sulfide) groups is 1. The summed E-state index contributed by atoms with van der Waals surface area (Å²) in [6, 6.07) is 21.2. The molecule has 0 fully saturated rings. The summed E-state index contributed by atoms with van der Waals surface area (Å²) in [5.41, 5.74) is 6.27. The number of fused-ring (bicyclic) bond motifs is 1. The summed E-state index contributed by atoms with van der Waals surface area (Å²) in [4.78, 5) is 41.1. The lowest BCUT2D eigenvalue weighted by atomic mass is 10.1. The van der Waals surface area contributed by atoms with Gasteiger partial charge >= 0.3 is 0 Å². The maximum Gasteiger partial charge on any atom is 0.237 e. The molecule has 0 aliphatic heterocycles. The number of imidazole rings is 1. The van der Waals surface area contributed by atoms with Crippen molar-refractivity contribution in [3.05, 3.63) is 84.2 Å². The van der Waals surface area contributed by atoms with Gasteiger partial charge < -0.3 is 25.1 Å². The van der Waals surface area contributed by atoms with Crippen LogP contribution in [0.25, 0.3) is 22.6 Å². The number of aromatic nitrogens is 4. The molecule has 3 aromatic carbocycles. The minimum absolute atomic E-state index is 0.221. The van der Waals surface area contributed by atoms with Crippen molar-refractivity contribution in [1.29, 1.82) is 0 Å². The Morgan fingerprint density at radius 1 is 1.02 bits per heavy atom. The molecular weight excluding hydrogens is 607 g/mol. The molecule has 0 aliphatic rings. The van der Waals surface area contributed by atoms with E-state index in [1.54, 1.807) is 20.5 Å². The van der Waals surface area contributed by atoms with E-state index in [1.807, 2.05) is 73.7 Å². The Morgan fingerprint density at radius 3 is 2.44 bits per heavy atom. The molecule has 1 unspecified atom stereocenters. The zero-order valence-electron chi connectivity index (χ0n) is 25.9. The van der Waals surface area contributed by atoms with Gasteiger partial charge in [-0.15, -0.1) is 0 Å². The van der Waals surface area contributed by atoms with Crippen LogP contribution in [0.3, 0.4) is 0 Å². The summed E-state index contributed by atoms with van der Waals surface area (Å²) in [6.07, 6.45) is 4.24. The summed E-state index contributed by atoms with van der Waals surface area (Å²) in [5, 5.41) is 5.39. The van der Waals surface area contributed by atoms with Gasteiger partial charge in [0.15, 0.2) is 22.9 Å². The number of H-pyrrole nitrogens is 1.